The number of benzene rings is 1. The van der Waals surface area contributed by atoms with Crippen molar-refractivity contribution >= 4 is 11.6 Å². The summed E-state index contributed by atoms with van der Waals surface area (Å²) in [7, 11) is 1.54. The maximum absolute atomic E-state index is 12.1. The molecule has 0 aliphatic heterocycles. The summed E-state index contributed by atoms with van der Waals surface area (Å²) in [6.07, 6.45) is 3.92. The van der Waals surface area contributed by atoms with Gasteiger partial charge in [-0.2, -0.15) is 5.10 Å². The van der Waals surface area contributed by atoms with Gasteiger partial charge in [-0.05, 0) is 29.8 Å². The molecule has 0 aliphatic carbocycles. The molecule has 2 heterocycles. The van der Waals surface area contributed by atoms with Gasteiger partial charge in [-0.1, -0.05) is 17.7 Å². The second-order valence-corrected chi connectivity index (χ2v) is 5.04. The lowest BCUT2D eigenvalue weighted by Crippen LogP contribution is -2.17. The number of hydrogen-bond donors (Lipinski definition) is 1. The summed E-state index contributed by atoms with van der Waals surface area (Å²) in [5, 5.41) is 6.98. The van der Waals surface area contributed by atoms with Crippen molar-refractivity contribution in [3.63, 3.8) is 0 Å². The molecule has 22 heavy (non-hydrogen) atoms. The van der Waals surface area contributed by atoms with E-state index in [0.29, 0.717) is 28.7 Å². The van der Waals surface area contributed by atoms with Gasteiger partial charge in [0.15, 0.2) is 0 Å². The van der Waals surface area contributed by atoms with Gasteiger partial charge in [-0.15, -0.1) is 0 Å². The highest BCUT2D eigenvalue weighted by atomic mass is 35.5. The number of nitrogens with one attached hydrogen (secondary N) is 1. The molecule has 7 heteroatoms. The zero-order chi connectivity index (χ0) is 15.5. The Labute approximate surface area is 131 Å². The van der Waals surface area contributed by atoms with Gasteiger partial charge in [0, 0.05) is 18.8 Å². The van der Waals surface area contributed by atoms with Crippen molar-refractivity contribution in [1.82, 2.24) is 19.7 Å². The van der Waals surface area contributed by atoms with E-state index in [1.807, 2.05) is 12.1 Å². The molecule has 2 aromatic heterocycles. The third-order valence-corrected chi connectivity index (χ3v) is 3.52. The molecule has 0 spiro atoms. The van der Waals surface area contributed by atoms with E-state index in [4.69, 9.17) is 16.3 Å². The molecular formula is C15H13ClN4O2. The lowest BCUT2D eigenvalue weighted by atomic mass is 10.2. The Morgan fingerprint density at radius 1 is 1.36 bits per heavy atom. The van der Waals surface area contributed by atoms with Crippen LogP contribution in [0.25, 0.3) is 5.69 Å². The van der Waals surface area contributed by atoms with Gasteiger partial charge >= 0.3 is 5.69 Å². The molecule has 1 N–H and O–H groups in total. The number of ether oxygens (including phenoxy) is 1. The maximum Gasteiger partial charge on any atom is 0.347 e. The number of pyridine rings is 1. The van der Waals surface area contributed by atoms with Crippen LogP contribution in [0.2, 0.25) is 5.02 Å². The quantitative estimate of drug-likeness (QED) is 0.801. The predicted molar refractivity (Wildman–Crippen MR) is 82.8 cm³/mol. The summed E-state index contributed by atoms with van der Waals surface area (Å²) < 4.78 is 6.61. The highest BCUT2D eigenvalue weighted by Crippen LogP contribution is 2.26. The van der Waals surface area contributed by atoms with Crippen molar-refractivity contribution in [3.05, 3.63) is 69.6 Å². The molecule has 0 atom stereocenters. The maximum atomic E-state index is 12.1. The Hall–Kier alpha value is -2.60. The van der Waals surface area contributed by atoms with Crippen molar-refractivity contribution in [2.75, 3.05) is 7.11 Å². The molecule has 0 amide bonds. The van der Waals surface area contributed by atoms with Crippen LogP contribution in [-0.4, -0.2) is 26.9 Å². The zero-order valence-corrected chi connectivity index (χ0v) is 12.5. The second kappa shape index (κ2) is 6.03. The smallest absolute Gasteiger partial charge is 0.347 e. The van der Waals surface area contributed by atoms with Gasteiger partial charge in [-0.25, -0.2) is 14.5 Å². The third-order valence-electron chi connectivity index (χ3n) is 3.22. The molecule has 0 bridgehead atoms. The average Bonchev–Trinajstić information content (AvgIpc) is 2.89. The summed E-state index contributed by atoms with van der Waals surface area (Å²) in [6, 6.07) is 8.91. The molecule has 0 unspecified atom stereocenters. The van der Waals surface area contributed by atoms with E-state index < -0.39 is 0 Å². The zero-order valence-electron chi connectivity index (χ0n) is 11.8. The Morgan fingerprint density at radius 2 is 2.23 bits per heavy atom. The van der Waals surface area contributed by atoms with E-state index in [-0.39, 0.29) is 5.69 Å². The largest absolute Gasteiger partial charge is 0.495 e. The molecule has 6 nitrogen and oxygen atoms in total. The topological polar surface area (TPSA) is 72.8 Å². The van der Waals surface area contributed by atoms with Crippen molar-refractivity contribution in [2.24, 2.45) is 0 Å². The Kier molecular flexibility index (Phi) is 3.93. The molecule has 0 radical (unpaired) electrons. The van der Waals surface area contributed by atoms with E-state index in [0.717, 1.165) is 5.56 Å². The van der Waals surface area contributed by atoms with Gasteiger partial charge in [-0.3, -0.25) is 4.98 Å². The minimum Gasteiger partial charge on any atom is -0.495 e. The molecule has 1 aromatic carbocycles. The van der Waals surface area contributed by atoms with Crippen molar-refractivity contribution in [2.45, 2.75) is 6.42 Å². The number of nitrogens with zero attached hydrogens (tertiary/aromatic N) is 3. The molecule has 0 saturated heterocycles. The van der Waals surface area contributed by atoms with Gasteiger partial charge < -0.3 is 4.74 Å². The van der Waals surface area contributed by atoms with Crippen molar-refractivity contribution in [3.8, 4) is 11.4 Å². The highest BCUT2D eigenvalue weighted by Gasteiger charge is 2.12. The first-order chi connectivity index (χ1) is 10.7. The van der Waals surface area contributed by atoms with Crippen LogP contribution in [0.3, 0.4) is 0 Å². The SMILES string of the molecule is COc1ccc(-n2c(Cc3cccnc3)n[nH]c2=O)cc1Cl. The van der Waals surface area contributed by atoms with Crippen LogP contribution in [0.1, 0.15) is 11.4 Å². The van der Waals surface area contributed by atoms with Crippen LogP contribution in [0.15, 0.2) is 47.5 Å². The monoisotopic (exact) mass is 316 g/mol. The average molecular weight is 317 g/mol. The van der Waals surface area contributed by atoms with Crippen LogP contribution >= 0.6 is 11.6 Å². The fraction of sp³-hybridized carbons (Fsp3) is 0.133. The molecule has 3 rings (SSSR count). The van der Waals surface area contributed by atoms with Crippen LogP contribution in [0.5, 0.6) is 5.75 Å². The predicted octanol–water partition coefficient (Wildman–Crippen LogP) is 2.21. The first-order valence-corrected chi connectivity index (χ1v) is 6.96. The molecule has 0 aliphatic rings. The normalized spacial score (nSPS) is 10.6. The van der Waals surface area contributed by atoms with Gasteiger partial charge in [0.2, 0.25) is 0 Å². The molecule has 0 saturated carbocycles. The first-order valence-electron chi connectivity index (χ1n) is 6.58. The highest BCUT2D eigenvalue weighted by molar-refractivity contribution is 6.32. The van der Waals surface area contributed by atoms with E-state index >= 15 is 0 Å². The number of aromatic amines is 1. The van der Waals surface area contributed by atoms with Gasteiger partial charge in [0.25, 0.3) is 0 Å². The fourth-order valence-corrected chi connectivity index (χ4v) is 2.45. The van der Waals surface area contributed by atoms with Gasteiger partial charge in [0.05, 0.1) is 17.8 Å². The number of halogens is 1. The second-order valence-electron chi connectivity index (χ2n) is 4.64. The fourth-order valence-electron chi connectivity index (χ4n) is 2.19. The number of aromatic nitrogens is 4. The Morgan fingerprint density at radius 3 is 2.91 bits per heavy atom. The molecule has 0 fully saturated rings. The Balaban J connectivity index is 2.02. The number of methoxy groups -OCH3 is 1. The van der Waals surface area contributed by atoms with E-state index in [1.165, 1.54) is 4.57 Å². The minimum atomic E-state index is -0.319. The van der Waals surface area contributed by atoms with Crippen LogP contribution in [0, 0.1) is 0 Å². The summed E-state index contributed by atoms with van der Waals surface area (Å²) >= 11 is 6.13. The summed E-state index contributed by atoms with van der Waals surface area (Å²) in [5.74, 6) is 1.13. The van der Waals surface area contributed by atoms with E-state index in [2.05, 4.69) is 15.2 Å². The number of rotatable bonds is 4. The van der Waals surface area contributed by atoms with Crippen molar-refractivity contribution in [1.29, 1.82) is 0 Å². The van der Waals surface area contributed by atoms with Crippen LogP contribution in [-0.2, 0) is 6.42 Å². The third kappa shape index (κ3) is 2.73. The standard InChI is InChI=1S/C15H13ClN4O2/c1-22-13-5-4-11(8-12(13)16)20-14(18-19-15(20)21)7-10-3-2-6-17-9-10/h2-6,8-9H,7H2,1H3,(H,19,21). The lowest BCUT2D eigenvalue weighted by molar-refractivity contribution is 0.415. The number of hydrogen-bond acceptors (Lipinski definition) is 4. The van der Waals surface area contributed by atoms with Crippen LogP contribution < -0.4 is 10.4 Å². The van der Waals surface area contributed by atoms with E-state index in [1.54, 1.807) is 37.7 Å². The molecule has 112 valence electrons. The summed E-state index contributed by atoms with van der Waals surface area (Å²) in [5.41, 5.74) is 1.27. The molecule has 3 aromatic rings. The number of H-pyrrole nitrogens is 1. The van der Waals surface area contributed by atoms with Crippen LogP contribution in [0.4, 0.5) is 0 Å². The first kappa shape index (κ1) is 14.3. The minimum absolute atomic E-state index is 0.319. The van der Waals surface area contributed by atoms with Gasteiger partial charge in [0.1, 0.15) is 11.6 Å². The Bertz CT molecular complexity index is 842. The summed E-state index contributed by atoms with van der Waals surface area (Å²) in [4.78, 5) is 16.1. The van der Waals surface area contributed by atoms with Crippen molar-refractivity contribution < 1.29 is 4.74 Å². The summed E-state index contributed by atoms with van der Waals surface area (Å²) in [6.45, 7) is 0. The lowest BCUT2D eigenvalue weighted by Gasteiger charge is -2.08. The molecular weight excluding hydrogens is 304 g/mol. The van der Waals surface area contributed by atoms with E-state index in [9.17, 15) is 4.79 Å².